The van der Waals surface area contributed by atoms with E-state index in [9.17, 15) is 20.2 Å². The van der Waals surface area contributed by atoms with Gasteiger partial charge in [0.15, 0.2) is 0 Å². The molecule has 0 rings (SSSR count). The van der Waals surface area contributed by atoms with E-state index in [1.807, 2.05) is 0 Å². The maximum atomic E-state index is 10.2. The summed E-state index contributed by atoms with van der Waals surface area (Å²) in [6.07, 6.45) is 2.15. The van der Waals surface area contributed by atoms with Gasteiger partial charge < -0.3 is 9.68 Å². The number of nitrogens with zero attached hydrogens (tertiary/aromatic N) is 2. The lowest BCUT2D eigenvalue weighted by atomic mass is 10.0. The normalized spacial score (nSPS) is 12.2. The topological polar surface area (TPSA) is 105 Å². The zero-order valence-electron chi connectivity index (χ0n) is 10.0. The van der Waals surface area contributed by atoms with Crippen molar-refractivity contribution in [2.75, 3.05) is 6.61 Å². The van der Waals surface area contributed by atoms with Gasteiger partial charge in [-0.15, -0.1) is 20.2 Å². The molecule has 0 fully saturated rings. The van der Waals surface area contributed by atoms with Gasteiger partial charge in [0, 0.05) is 0 Å². The molecule has 0 aliphatic carbocycles. The number of hydrogen-bond acceptors (Lipinski definition) is 6. The van der Waals surface area contributed by atoms with Crippen molar-refractivity contribution in [2.24, 2.45) is 5.92 Å². The quantitative estimate of drug-likeness (QED) is 0.333. The minimum atomic E-state index is -0.982. The van der Waals surface area contributed by atoms with Crippen LogP contribution in [0.25, 0.3) is 0 Å². The Labute approximate surface area is 99.1 Å². The van der Waals surface area contributed by atoms with Crippen LogP contribution in [-0.4, -0.2) is 22.9 Å². The van der Waals surface area contributed by atoms with Crippen LogP contribution < -0.4 is 0 Å². The van der Waals surface area contributed by atoms with Crippen LogP contribution in [0, 0.1) is 26.1 Å². The van der Waals surface area contributed by atoms with Crippen molar-refractivity contribution in [1.82, 2.24) is 0 Å². The van der Waals surface area contributed by atoms with Crippen LogP contribution in [0.2, 0.25) is 0 Å². The first-order chi connectivity index (χ1) is 7.91. The highest BCUT2D eigenvalue weighted by Gasteiger charge is 2.15. The Kier molecular flexibility index (Phi) is 7.74. The van der Waals surface area contributed by atoms with E-state index in [0.717, 1.165) is 19.3 Å². The molecule has 100 valence electrons. The van der Waals surface area contributed by atoms with E-state index in [2.05, 4.69) is 23.5 Å². The summed E-state index contributed by atoms with van der Waals surface area (Å²) in [5.41, 5.74) is 0. The molecule has 8 nitrogen and oxygen atoms in total. The van der Waals surface area contributed by atoms with Crippen molar-refractivity contribution in [2.45, 2.75) is 45.6 Å². The molecular formula is C9H18N2O6. The number of hydrogen-bond donors (Lipinski definition) is 0. The Bertz CT molecular complexity index is 246. The predicted molar refractivity (Wildman–Crippen MR) is 58.1 cm³/mol. The molecule has 0 radical (unpaired) electrons. The molecule has 1 unspecified atom stereocenters. The van der Waals surface area contributed by atoms with Gasteiger partial charge in [-0.25, -0.2) is 0 Å². The van der Waals surface area contributed by atoms with Crippen molar-refractivity contribution >= 4 is 0 Å². The van der Waals surface area contributed by atoms with Crippen LogP contribution in [0.1, 0.15) is 39.5 Å². The molecule has 0 aliphatic heterocycles. The summed E-state index contributed by atoms with van der Waals surface area (Å²) < 4.78 is 0. The van der Waals surface area contributed by atoms with E-state index in [1.54, 1.807) is 0 Å². The van der Waals surface area contributed by atoms with E-state index in [1.165, 1.54) is 0 Å². The molecule has 0 amide bonds. The first-order valence-corrected chi connectivity index (χ1v) is 5.50. The van der Waals surface area contributed by atoms with E-state index >= 15 is 0 Å². The van der Waals surface area contributed by atoms with Gasteiger partial charge in [-0.05, 0) is 12.3 Å². The second kappa shape index (κ2) is 8.54. The molecule has 0 aliphatic rings. The molecular weight excluding hydrogens is 232 g/mol. The van der Waals surface area contributed by atoms with Gasteiger partial charge in [0.2, 0.25) is 0 Å². The summed E-state index contributed by atoms with van der Waals surface area (Å²) in [7, 11) is 0. The Morgan fingerprint density at radius 2 is 1.65 bits per heavy atom. The molecule has 0 saturated heterocycles. The minimum Gasteiger partial charge on any atom is -0.312 e. The Morgan fingerprint density at radius 1 is 1.06 bits per heavy atom. The maximum Gasteiger partial charge on any atom is 0.294 e. The highest BCUT2D eigenvalue weighted by atomic mass is 17.0. The second-order valence-corrected chi connectivity index (χ2v) is 4.15. The lowest BCUT2D eigenvalue weighted by Crippen LogP contribution is -2.24. The molecule has 8 heteroatoms. The van der Waals surface area contributed by atoms with Gasteiger partial charge in [0.1, 0.15) is 12.7 Å². The molecule has 0 aromatic heterocycles. The summed E-state index contributed by atoms with van der Waals surface area (Å²) in [5.74, 6) is 0.569. The third-order valence-corrected chi connectivity index (χ3v) is 2.16. The maximum absolute atomic E-state index is 10.2. The van der Waals surface area contributed by atoms with Gasteiger partial charge in [0.05, 0.1) is 0 Å². The molecule has 0 bridgehead atoms. The average Bonchev–Trinajstić information content (AvgIpc) is 2.19. The summed E-state index contributed by atoms with van der Waals surface area (Å²) in [4.78, 5) is 28.5. The van der Waals surface area contributed by atoms with Crippen LogP contribution in [0.4, 0.5) is 0 Å². The largest absolute Gasteiger partial charge is 0.312 e. The molecule has 0 aromatic rings. The number of unbranched alkanes of at least 4 members (excludes halogenated alkanes) is 1. The van der Waals surface area contributed by atoms with Crippen molar-refractivity contribution in [3.05, 3.63) is 20.2 Å². The highest BCUT2D eigenvalue weighted by Crippen LogP contribution is 2.11. The molecule has 0 aromatic carbocycles. The average molecular weight is 250 g/mol. The van der Waals surface area contributed by atoms with Gasteiger partial charge >= 0.3 is 0 Å². The molecule has 1 atom stereocenters. The summed E-state index contributed by atoms with van der Waals surface area (Å²) in [6, 6.07) is 0. The lowest BCUT2D eigenvalue weighted by Gasteiger charge is -2.13. The van der Waals surface area contributed by atoms with Crippen LogP contribution >= 0.6 is 0 Å². The third kappa shape index (κ3) is 10.7. The Balaban J connectivity index is 3.84. The monoisotopic (exact) mass is 250 g/mol. The minimum absolute atomic E-state index is 0.377. The van der Waals surface area contributed by atoms with Crippen LogP contribution in [-0.2, 0) is 9.68 Å². The first-order valence-electron chi connectivity index (χ1n) is 5.50. The van der Waals surface area contributed by atoms with Crippen molar-refractivity contribution < 1.29 is 19.8 Å². The van der Waals surface area contributed by atoms with Crippen molar-refractivity contribution in [3.63, 3.8) is 0 Å². The fourth-order valence-electron chi connectivity index (χ4n) is 1.36. The standard InChI is InChI=1S/C9H18N2O6/c1-8(2)5-3-4-6-9(17-11(14)15)7-16-10(12)13/h8-9H,3-7H2,1-2H3. The zero-order valence-corrected chi connectivity index (χ0v) is 10.0. The molecule has 0 N–H and O–H groups in total. The second-order valence-electron chi connectivity index (χ2n) is 4.15. The van der Waals surface area contributed by atoms with Gasteiger partial charge in [-0.1, -0.05) is 33.1 Å². The van der Waals surface area contributed by atoms with Gasteiger partial charge in [0.25, 0.3) is 10.2 Å². The molecule has 0 saturated carbocycles. The summed E-state index contributed by atoms with van der Waals surface area (Å²) in [5, 5.41) is 18.2. The lowest BCUT2D eigenvalue weighted by molar-refractivity contribution is -0.790. The Hall–Kier alpha value is -1.60. The highest BCUT2D eigenvalue weighted by molar-refractivity contribution is 4.56. The van der Waals surface area contributed by atoms with Gasteiger partial charge in [-0.3, -0.25) is 0 Å². The van der Waals surface area contributed by atoms with Crippen LogP contribution in [0.5, 0.6) is 0 Å². The Morgan fingerprint density at radius 3 is 2.12 bits per heavy atom. The number of rotatable bonds is 10. The van der Waals surface area contributed by atoms with E-state index in [-0.39, 0.29) is 0 Å². The summed E-state index contributed by atoms with van der Waals surface area (Å²) in [6.45, 7) is 3.76. The van der Waals surface area contributed by atoms with Crippen molar-refractivity contribution in [3.8, 4) is 0 Å². The zero-order chi connectivity index (χ0) is 13.3. The van der Waals surface area contributed by atoms with Gasteiger partial charge in [-0.2, -0.15) is 0 Å². The summed E-state index contributed by atoms with van der Waals surface area (Å²) >= 11 is 0. The van der Waals surface area contributed by atoms with Crippen molar-refractivity contribution in [1.29, 1.82) is 0 Å². The molecule has 0 spiro atoms. The van der Waals surface area contributed by atoms with E-state index in [0.29, 0.717) is 12.3 Å². The van der Waals surface area contributed by atoms with Crippen LogP contribution in [0.3, 0.4) is 0 Å². The van der Waals surface area contributed by atoms with E-state index < -0.39 is 22.9 Å². The smallest absolute Gasteiger partial charge is 0.294 e. The molecule has 0 heterocycles. The first kappa shape index (κ1) is 15.4. The fourth-order valence-corrected chi connectivity index (χ4v) is 1.36. The third-order valence-electron chi connectivity index (χ3n) is 2.16. The fraction of sp³-hybridized carbons (Fsp3) is 1.00. The van der Waals surface area contributed by atoms with E-state index in [4.69, 9.17) is 0 Å². The molecule has 17 heavy (non-hydrogen) atoms. The van der Waals surface area contributed by atoms with Crippen LogP contribution in [0.15, 0.2) is 0 Å². The SMILES string of the molecule is CC(C)CCCCC(CO[N+](=O)[O-])O[N+](=O)[O-]. The predicted octanol–water partition coefficient (Wildman–Crippen LogP) is 1.99.